The van der Waals surface area contributed by atoms with Crippen molar-refractivity contribution in [2.75, 3.05) is 5.32 Å². The Hall–Kier alpha value is -1.91. The molecule has 0 saturated carbocycles. The van der Waals surface area contributed by atoms with E-state index >= 15 is 0 Å². The lowest BCUT2D eigenvalue weighted by atomic mass is 10.1. The van der Waals surface area contributed by atoms with Crippen molar-refractivity contribution in [2.24, 2.45) is 0 Å². The molecule has 0 aliphatic rings. The van der Waals surface area contributed by atoms with Crippen molar-refractivity contribution in [1.29, 1.82) is 0 Å². The Morgan fingerprint density at radius 1 is 1.14 bits per heavy atom. The van der Waals surface area contributed by atoms with Gasteiger partial charge in [0.05, 0.1) is 5.69 Å². The maximum atomic E-state index is 6.26. The van der Waals surface area contributed by atoms with Gasteiger partial charge < -0.3 is 5.32 Å². The lowest BCUT2D eigenvalue weighted by molar-refractivity contribution is 1.26. The molecule has 2 aromatic heterocycles. The molecule has 0 saturated heterocycles. The molecule has 3 aromatic rings. The second kappa shape index (κ2) is 5.84. The molecule has 0 aliphatic carbocycles. The highest BCUT2D eigenvalue weighted by Crippen LogP contribution is 2.29. The predicted octanol–water partition coefficient (Wildman–Crippen LogP) is 5.22. The van der Waals surface area contributed by atoms with E-state index in [4.69, 9.17) is 11.6 Å². The lowest BCUT2D eigenvalue weighted by Gasteiger charge is -2.08. The molecule has 0 aliphatic heterocycles. The number of hydrogen-bond acceptors (Lipinski definition) is 4. The molecule has 0 fully saturated rings. The topological polar surface area (TPSA) is 37.8 Å². The number of rotatable bonds is 3. The maximum absolute atomic E-state index is 6.26. The monoisotopic (exact) mass is 315 g/mol. The molecule has 3 rings (SSSR count). The van der Waals surface area contributed by atoms with Gasteiger partial charge in [-0.3, -0.25) is 0 Å². The minimum Gasteiger partial charge on any atom is -0.316 e. The zero-order chi connectivity index (χ0) is 14.8. The van der Waals surface area contributed by atoms with Crippen LogP contribution < -0.4 is 5.32 Å². The summed E-state index contributed by atoms with van der Waals surface area (Å²) in [6.07, 6.45) is 1.85. The first-order chi connectivity index (χ1) is 10.1. The number of thiazole rings is 1. The SMILES string of the molecule is Cc1cc(Nc2ncc(C)s2)nc(-c2ccccc2Cl)c1. The van der Waals surface area contributed by atoms with Crippen molar-refractivity contribution in [3.8, 4) is 11.3 Å². The molecule has 0 bridgehead atoms. The maximum Gasteiger partial charge on any atom is 0.188 e. The van der Waals surface area contributed by atoms with Crippen LogP contribution in [0.2, 0.25) is 5.02 Å². The first-order valence-corrected chi connectivity index (χ1v) is 7.74. The smallest absolute Gasteiger partial charge is 0.188 e. The second-order valence-electron chi connectivity index (χ2n) is 4.80. The summed E-state index contributed by atoms with van der Waals surface area (Å²) >= 11 is 7.86. The molecular formula is C16H14ClN3S. The highest BCUT2D eigenvalue weighted by molar-refractivity contribution is 7.15. The predicted molar refractivity (Wildman–Crippen MR) is 89.6 cm³/mol. The average Bonchev–Trinajstić information content (AvgIpc) is 2.84. The van der Waals surface area contributed by atoms with Crippen molar-refractivity contribution in [3.63, 3.8) is 0 Å². The average molecular weight is 316 g/mol. The lowest BCUT2D eigenvalue weighted by Crippen LogP contribution is -1.96. The number of anilines is 2. The van der Waals surface area contributed by atoms with Gasteiger partial charge in [-0.25, -0.2) is 9.97 Å². The zero-order valence-corrected chi connectivity index (χ0v) is 13.3. The van der Waals surface area contributed by atoms with Gasteiger partial charge in [-0.1, -0.05) is 29.8 Å². The van der Waals surface area contributed by atoms with Crippen LogP contribution in [0.4, 0.5) is 10.9 Å². The van der Waals surface area contributed by atoms with E-state index in [0.29, 0.717) is 5.02 Å². The minimum absolute atomic E-state index is 0.701. The molecule has 0 atom stereocenters. The summed E-state index contributed by atoms with van der Waals surface area (Å²) in [6, 6.07) is 11.7. The Morgan fingerprint density at radius 2 is 1.95 bits per heavy atom. The fourth-order valence-electron chi connectivity index (χ4n) is 2.06. The number of halogens is 1. The van der Waals surface area contributed by atoms with Crippen LogP contribution in [0.5, 0.6) is 0 Å². The van der Waals surface area contributed by atoms with Gasteiger partial charge in [0.2, 0.25) is 0 Å². The van der Waals surface area contributed by atoms with Crippen molar-refractivity contribution in [1.82, 2.24) is 9.97 Å². The number of aryl methyl sites for hydroxylation is 2. The number of nitrogens with zero attached hydrogens (tertiary/aromatic N) is 2. The van der Waals surface area contributed by atoms with Gasteiger partial charge in [-0.2, -0.15) is 0 Å². The molecule has 0 spiro atoms. The molecule has 1 N–H and O–H groups in total. The van der Waals surface area contributed by atoms with Gasteiger partial charge in [-0.05, 0) is 37.6 Å². The van der Waals surface area contributed by atoms with Crippen LogP contribution in [0.15, 0.2) is 42.6 Å². The van der Waals surface area contributed by atoms with Crippen LogP contribution in [-0.4, -0.2) is 9.97 Å². The molecule has 106 valence electrons. The minimum atomic E-state index is 0.701. The largest absolute Gasteiger partial charge is 0.316 e. The first kappa shape index (κ1) is 14.0. The van der Waals surface area contributed by atoms with Crippen LogP contribution in [-0.2, 0) is 0 Å². The second-order valence-corrected chi connectivity index (χ2v) is 6.44. The molecule has 1 aromatic carbocycles. The number of benzene rings is 1. The van der Waals surface area contributed by atoms with Crippen molar-refractivity contribution in [3.05, 3.63) is 58.1 Å². The molecule has 0 amide bonds. The summed E-state index contributed by atoms with van der Waals surface area (Å²) in [6.45, 7) is 4.07. The fraction of sp³-hybridized carbons (Fsp3) is 0.125. The zero-order valence-electron chi connectivity index (χ0n) is 11.7. The van der Waals surface area contributed by atoms with Gasteiger partial charge in [0.15, 0.2) is 5.13 Å². The van der Waals surface area contributed by atoms with Gasteiger partial charge in [0, 0.05) is 21.7 Å². The van der Waals surface area contributed by atoms with Crippen molar-refractivity contribution in [2.45, 2.75) is 13.8 Å². The van der Waals surface area contributed by atoms with Gasteiger partial charge in [0.1, 0.15) is 5.82 Å². The normalized spacial score (nSPS) is 10.6. The Balaban J connectivity index is 1.98. The van der Waals surface area contributed by atoms with E-state index < -0.39 is 0 Å². The van der Waals surface area contributed by atoms with Gasteiger partial charge >= 0.3 is 0 Å². The molecule has 0 unspecified atom stereocenters. The Labute approximate surface area is 132 Å². The Bertz CT molecular complexity index is 783. The standard InChI is InChI=1S/C16H14ClN3S/c1-10-7-14(12-5-3-4-6-13(12)17)19-15(8-10)20-16-18-9-11(2)21-16/h3-9H,1-2H3,(H,18,19,20). The number of aromatic nitrogens is 2. The van der Waals surface area contributed by atoms with E-state index in [1.165, 1.54) is 0 Å². The summed E-state index contributed by atoms with van der Waals surface area (Å²) in [4.78, 5) is 10.1. The van der Waals surface area contributed by atoms with Crippen LogP contribution in [0.3, 0.4) is 0 Å². The summed E-state index contributed by atoms with van der Waals surface area (Å²) in [5, 5.41) is 4.79. The Kier molecular flexibility index (Phi) is 3.90. The third-order valence-electron chi connectivity index (χ3n) is 2.98. The van der Waals surface area contributed by atoms with E-state index in [2.05, 4.69) is 15.3 Å². The van der Waals surface area contributed by atoms with E-state index in [1.54, 1.807) is 11.3 Å². The fourth-order valence-corrected chi connectivity index (χ4v) is 2.96. The van der Waals surface area contributed by atoms with Gasteiger partial charge in [-0.15, -0.1) is 11.3 Å². The molecular weight excluding hydrogens is 302 g/mol. The van der Waals surface area contributed by atoms with Crippen LogP contribution in [0.25, 0.3) is 11.3 Å². The molecule has 5 heteroatoms. The highest BCUT2D eigenvalue weighted by atomic mass is 35.5. The van der Waals surface area contributed by atoms with E-state index in [-0.39, 0.29) is 0 Å². The molecule has 2 heterocycles. The third-order valence-corrected chi connectivity index (χ3v) is 4.13. The summed E-state index contributed by atoms with van der Waals surface area (Å²) in [7, 11) is 0. The van der Waals surface area contributed by atoms with Crippen LogP contribution in [0.1, 0.15) is 10.4 Å². The number of pyridine rings is 1. The van der Waals surface area contributed by atoms with Crippen LogP contribution in [0, 0.1) is 13.8 Å². The first-order valence-electron chi connectivity index (χ1n) is 6.55. The number of hydrogen-bond donors (Lipinski definition) is 1. The summed E-state index contributed by atoms with van der Waals surface area (Å²) in [5.41, 5.74) is 2.91. The van der Waals surface area contributed by atoms with E-state index in [1.807, 2.05) is 56.4 Å². The van der Waals surface area contributed by atoms with E-state index in [9.17, 15) is 0 Å². The summed E-state index contributed by atoms with van der Waals surface area (Å²) in [5.74, 6) is 0.777. The van der Waals surface area contributed by atoms with Crippen molar-refractivity contribution < 1.29 is 0 Å². The molecule has 21 heavy (non-hydrogen) atoms. The Morgan fingerprint density at radius 3 is 2.67 bits per heavy atom. The summed E-state index contributed by atoms with van der Waals surface area (Å²) < 4.78 is 0. The quantitative estimate of drug-likeness (QED) is 0.720. The molecule has 3 nitrogen and oxygen atoms in total. The van der Waals surface area contributed by atoms with Crippen LogP contribution >= 0.6 is 22.9 Å². The van der Waals surface area contributed by atoms with Crippen molar-refractivity contribution >= 4 is 33.9 Å². The highest BCUT2D eigenvalue weighted by Gasteiger charge is 2.08. The number of nitrogens with one attached hydrogen (secondary N) is 1. The third kappa shape index (κ3) is 3.23. The molecule has 0 radical (unpaired) electrons. The van der Waals surface area contributed by atoms with E-state index in [0.717, 1.165) is 32.6 Å². The van der Waals surface area contributed by atoms with Gasteiger partial charge in [0.25, 0.3) is 0 Å².